The van der Waals surface area contributed by atoms with E-state index in [9.17, 15) is 9.59 Å². The van der Waals surface area contributed by atoms with Crippen LogP contribution in [0, 0.1) is 5.92 Å². The van der Waals surface area contributed by atoms with Crippen LogP contribution in [-0.4, -0.2) is 71.0 Å². The predicted molar refractivity (Wildman–Crippen MR) is 109 cm³/mol. The normalized spacial score (nSPS) is 19.8. The van der Waals surface area contributed by atoms with E-state index in [1.54, 1.807) is 19.3 Å². The Labute approximate surface area is 169 Å². The molecule has 1 unspecified atom stereocenters. The molecule has 1 atom stereocenters. The number of aliphatic imine (C=N–C) groups is 1. The number of rotatable bonds is 5. The summed E-state index contributed by atoms with van der Waals surface area (Å²) in [5.41, 5.74) is 3.68. The maximum absolute atomic E-state index is 12.8. The molecular formula is C19H24ClN6O2+. The van der Waals surface area contributed by atoms with Crippen molar-refractivity contribution in [1.82, 2.24) is 15.2 Å². The first-order valence-corrected chi connectivity index (χ1v) is 9.50. The van der Waals surface area contributed by atoms with Gasteiger partial charge in [0.2, 0.25) is 11.9 Å². The average molecular weight is 404 g/mol. The van der Waals surface area contributed by atoms with Crippen molar-refractivity contribution in [1.29, 1.82) is 0 Å². The molecular weight excluding hydrogens is 380 g/mol. The lowest BCUT2D eigenvalue weighted by molar-refractivity contribution is -0.538. The number of urea groups is 1. The van der Waals surface area contributed by atoms with Crippen molar-refractivity contribution in [2.45, 2.75) is 26.3 Å². The van der Waals surface area contributed by atoms with E-state index in [1.807, 2.05) is 22.8 Å². The number of nitrogens with one attached hydrogen (secondary N) is 1. The largest absolute Gasteiger partial charge is 0.413 e. The summed E-state index contributed by atoms with van der Waals surface area (Å²) in [6, 6.07) is 6.31. The van der Waals surface area contributed by atoms with Crippen LogP contribution in [0.2, 0.25) is 5.02 Å². The van der Waals surface area contributed by atoms with Gasteiger partial charge in [-0.1, -0.05) is 48.6 Å². The molecule has 148 valence electrons. The van der Waals surface area contributed by atoms with Crippen LogP contribution in [0.4, 0.5) is 4.79 Å². The molecule has 0 radical (unpaired) electrons. The van der Waals surface area contributed by atoms with Gasteiger partial charge in [-0.05, 0) is 18.4 Å². The van der Waals surface area contributed by atoms with E-state index in [0.29, 0.717) is 29.3 Å². The summed E-state index contributed by atoms with van der Waals surface area (Å²) < 4.78 is 1.86. The van der Waals surface area contributed by atoms with Crippen LogP contribution < -0.4 is 5.43 Å². The number of fused-ring (bicyclic) bond motifs is 1. The molecule has 0 saturated carbocycles. The third-order valence-corrected chi connectivity index (χ3v) is 5.10. The Kier molecular flexibility index (Phi) is 5.79. The molecule has 0 aromatic heterocycles. The Morgan fingerprint density at radius 3 is 2.68 bits per heavy atom. The predicted octanol–water partition coefficient (Wildman–Crippen LogP) is 1.98. The third kappa shape index (κ3) is 3.77. The van der Waals surface area contributed by atoms with Crippen molar-refractivity contribution in [3.63, 3.8) is 0 Å². The number of amidine groups is 1. The number of hydrogen-bond acceptors (Lipinski definition) is 5. The highest BCUT2D eigenvalue weighted by atomic mass is 35.5. The molecule has 3 rings (SSSR count). The second-order valence-electron chi connectivity index (χ2n) is 7.20. The molecule has 1 aromatic rings. The van der Waals surface area contributed by atoms with E-state index in [-0.39, 0.29) is 5.91 Å². The van der Waals surface area contributed by atoms with Gasteiger partial charge in [-0.2, -0.15) is 5.43 Å². The number of amides is 3. The zero-order chi connectivity index (χ0) is 20.4. The van der Waals surface area contributed by atoms with Crippen molar-refractivity contribution in [2.24, 2.45) is 16.0 Å². The van der Waals surface area contributed by atoms with Crippen LogP contribution in [0.1, 0.15) is 25.8 Å². The molecule has 1 aromatic carbocycles. The average Bonchev–Trinajstić information content (AvgIpc) is 3.03. The Morgan fingerprint density at radius 2 is 2.00 bits per heavy atom. The fourth-order valence-corrected chi connectivity index (χ4v) is 3.24. The summed E-state index contributed by atoms with van der Waals surface area (Å²) in [6.07, 6.45) is 2.47. The molecule has 1 saturated heterocycles. The molecule has 2 heterocycles. The van der Waals surface area contributed by atoms with Crippen molar-refractivity contribution >= 4 is 41.5 Å². The number of guanidine groups is 1. The molecule has 8 nitrogen and oxygen atoms in total. The Morgan fingerprint density at radius 1 is 1.29 bits per heavy atom. The highest BCUT2D eigenvalue weighted by molar-refractivity contribution is 6.33. The van der Waals surface area contributed by atoms with Crippen LogP contribution in [0.25, 0.3) is 0 Å². The number of carbonyl (C=O) groups is 2. The molecule has 0 spiro atoms. The van der Waals surface area contributed by atoms with E-state index in [4.69, 9.17) is 11.6 Å². The van der Waals surface area contributed by atoms with Gasteiger partial charge in [0, 0.05) is 24.7 Å². The third-order valence-electron chi connectivity index (χ3n) is 4.75. The molecule has 3 amide bonds. The SMILES string of the molecule is CC(C)CC[N+]1=C(N/N=C/c2ccccc2Cl)N=C2C1C(=O)N(C)C(=O)N2C. The van der Waals surface area contributed by atoms with Gasteiger partial charge in [0.05, 0.1) is 12.8 Å². The standard InChI is InChI=1S/C19H23ClN6O2/c1-12(2)9-10-26-15-16(24(3)19(28)25(4)17(15)27)22-18(26)23-21-11-13-7-5-6-8-14(13)20/h5-8,11-12,15H,9-10H2,1-4H3/p+1/b21-11+. The number of hydrazone groups is 1. The lowest BCUT2D eigenvalue weighted by Gasteiger charge is -2.31. The Bertz CT molecular complexity index is 892. The summed E-state index contributed by atoms with van der Waals surface area (Å²) in [5, 5.41) is 4.82. The molecule has 2 aliphatic heterocycles. The Hall–Kier alpha value is -2.74. The van der Waals surface area contributed by atoms with Gasteiger partial charge in [-0.3, -0.25) is 14.6 Å². The minimum atomic E-state index is -0.635. The lowest BCUT2D eigenvalue weighted by atomic mass is 10.1. The fourth-order valence-electron chi connectivity index (χ4n) is 3.06. The van der Waals surface area contributed by atoms with Gasteiger partial charge >= 0.3 is 12.0 Å². The van der Waals surface area contributed by atoms with Gasteiger partial charge in [-0.25, -0.2) is 9.37 Å². The van der Waals surface area contributed by atoms with Gasteiger partial charge in [0.1, 0.15) is 0 Å². The summed E-state index contributed by atoms with van der Waals surface area (Å²) in [6.45, 7) is 4.84. The second-order valence-corrected chi connectivity index (χ2v) is 7.61. The quantitative estimate of drug-likeness (QED) is 0.463. The van der Waals surface area contributed by atoms with Crippen LogP contribution in [0.3, 0.4) is 0 Å². The number of halogens is 1. The fraction of sp³-hybridized carbons (Fsp3) is 0.421. The van der Waals surface area contributed by atoms with E-state index < -0.39 is 12.1 Å². The van der Waals surface area contributed by atoms with E-state index in [2.05, 4.69) is 29.4 Å². The zero-order valence-corrected chi connectivity index (χ0v) is 17.1. The van der Waals surface area contributed by atoms with Gasteiger partial charge in [0.25, 0.3) is 5.91 Å². The van der Waals surface area contributed by atoms with Crippen LogP contribution >= 0.6 is 11.6 Å². The van der Waals surface area contributed by atoms with Crippen molar-refractivity contribution in [3.05, 3.63) is 34.9 Å². The second kappa shape index (κ2) is 8.10. The highest BCUT2D eigenvalue weighted by Gasteiger charge is 2.51. The van der Waals surface area contributed by atoms with Crippen LogP contribution in [-0.2, 0) is 4.79 Å². The first-order valence-electron chi connectivity index (χ1n) is 9.12. The summed E-state index contributed by atoms with van der Waals surface area (Å²) in [7, 11) is 3.10. The minimum Gasteiger partial charge on any atom is -0.270 e. The smallest absolute Gasteiger partial charge is 0.270 e. The molecule has 0 aliphatic carbocycles. The van der Waals surface area contributed by atoms with Gasteiger partial charge in [-0.15, -0.1) is 5.10 Å². The summed E-state index contributed by atoms with van der Waals surface area (Å²) >= 11 is 6.14. The number of imide groups is 1. The van der Waals surface area contributed by atoms with Crippen molar-refractivity contribution in [2.75, 3.05) is 20.6 Å². The molecule has 9 heteroatoms. The maximum Gasteiger partial charge on any atom is 0.413 e. The zero-order valence-electron chi connectivity index (χ0n) is 16.4. The number of hydrogen-bond donors (Lipinski definition) is 1. The summed E-state index contributed by atoms with van der Waals surface area (Å²) in [4.78, 5) is 32.0. The van der Waals surface area contributed by atoms with E-state index in [0.717, 1.165) is 16.9 Å². The minimum absolute atomic E-state index is 0.294. The molecule has 0 bridgehead atoms. The number of benzene rings is 1. The van der Waals surface area contributed by atoms with Gasteiger partial charge < -0.3 is 0 Å². The summed E-state index contributed by atoms with van der Waals surface area (Å²) in [5.74, 6) is 1.00. The van der Waals surface area contributed by atoms with Crippen molar-refractivity contribution in [3.8, 4) is 0 Å². The topological polar surface area (TPSA) is 80.4 Å². The number of carbonyl (C=O) groups excluding carboxylic acids is 2. The lowest BCUT2D eigenvalue weighted by Crippen LogP contribution is -2.61. The Balaban J connectivity index is 1.90. The van der Waals surface area contributed by atoms with E-state index in [1.165, 1.54) is 11.9 Å². The van der Waals surface area contributed by atoms with E-state index >= 15 is 0 Å². The first kappa shape index (κ1) is 20.0. The molecule has 28 heavy (non-hydrogen) atoms. The highest BCUT2D eigenvalue weighted by Crippen LogP contribution is 2.19. The number of nitrogens with zero attached hydrogens (tertiary/aromatic N) is 5. The van der Waals surface area contributed by atoms with Gasteiger partial charge in [0.15, 0.2) is 0 Å². The molecule has 2 aliphatic rings. The maximum atomic E-state index is 12.8. The monoisotopic (exact) mass is 403 g/mol. The number of likely N-dealkylation sites (N-methyl/N-ethyl adjacent to an activating group) is 2. The molecule has 1 fully saturated rings. The molecule has 1 N–H and O–H groups in total. The first-order chi connectivity index (χ1) is 13.3. The van der Waals surface area contributed by atoms with Crippen molar-refractivity contribution < 1.29 is 14.2 Å². The van der Waals surface area contributed by atoms with Crippen LogP contribution in [0.15, 0.2) is 34.4 Å². The van der Waals surface area contributed by atoms with Crippen LogP contribution in [0.5, 0.6) is 0 Å².